The van der Waals surface area contributed by atoms with Crippen molar-refractivity contribution >= 4 is 56.2 Å². The third-order valence-corrected chi connectivity index (χ3v) is 7.31. The Bertz CT molecular complexity index is 1860. The minimum Gasteiger partial charge on any atom is -0.310 e. The number of rotatable bonds is 4. The Labute approximate surface area is 226 Å². The van der Waals surface area contributed by atoms with Gasteiger partial charge in [-0.1, -0.05) is 78.9 Å². The van der Waals surface area contributed by atoms with Crippen molar-refractivity contribution in [1.82, 2.24) is 0 Å². The second-order valence-corrected chi connectivity index (χ2v) is 9.76. The zero-order valence-electron chi connectivity index (χ0n) is 21.0. The predicted octanol–water partition coefficient (Wildman–Crippen LogP) is 8.93. The molecule has 1 aliphatic carbocycles. The van der Waals surface area contributed by atoms with Crippen LogP contribution in [0.3, 0.4) is 0 Å². The highest BCUT2D eigenvalue weighted by Gasteiger charge is 2.32. The van der Waals surface area contributed by atoms with Gasteiger partial charge in [0.2, 0.25) is 0 Å². The van der Waals surface area contributed by atoms with Gasteiger partial charge in [-0.3, -0.25) is 9.59 Å². The van der Waals surface area contributed by atoms with Gasteiger partial charge in [-0.15, -0.1) is 0 Å². The van der Waals surface area contributed by atoms with Crippen LogP contribution in [0.4, 0.5) is 17.1 Å². The normalized spacial score (nSPS) is 12.7. The third-order valence-electron chi connectivity index (χ3n) is 7.31. The average Bonchev–Trinajstić information content (AvgIpc) is 3.22. The van der Waals surface area contributed by atoms with Gasteiger partial charge in [0.05, 0.1) is 5.57 Å². The summed E-state index contributed by atoms with van der Waals surface area (Å²) in [7, 11) is 0. The van der Waals surface area contributed by atoms with Crippen LogP contribution in [0.1, 0.15) is 26.3 Å². The van der Waals surface area contributed by atoms with E-state index in [9.17, 15) is 9.59 Å². The number of carbonyl (C=O) groups is 2. The second-order valence-electron chi connectivity index (χ2n) is 9.76. The molecule has 6 aromatic rings. The summed E-state index contributed by atoms with van der Waals surface area (Å²) in [6, 6.07) is 44.7. The SMILES string of the molecule is O=C1C(=Cc2ccc3cc4cc(N(c5ccccc5)c5ccccc5)ccc4cc3c2)C(=O)c2ccccc21. The maximum Gasteiger partial charge on any atom is 0.197 e. The van der Waals surface area contributed by atoms with Crippen molar-refractivity contribution in [2.45, 2.75) is 0 Å². The number of ketones is 2. The van der Waals surface area contributed by atoms with Crippen molar-refractivity contribution in [3.63, 3.8) is 0 Å². The standard InChI is InChI=1S/C36H23NO2/c38-35-32-13-7-8-14-33(32)36(39)34(35)20-24-15-16-25-22-28-23-31(18-17-26(28)21-27(25)19-24)37(29-9-3-1-4-10-29)30-11-5-2-6-12-30/h1-23H. The van der Waals surface area contributed by atoms with Gasteiger partial charge in [-0.25, -0.2) is 0 Å². The van der Waals surface area contributed by atoms with Gasteiger partial charge >= 0.3 is 0 Å². The Morgan fingerprint density at radius 3 is 1.54 bits per heavy atom. The summed E-state index contributed by atoms with van der Waals surface area (Å²) in [6.45, 7) is 0. The van der Waals surface area contributed by atoms with Crippen LogP contribution in [0, 0.1) is 0 Å². The number of anilines is 3. The molecule has 0 unspecified atom stereocenters. The van der Waals surface area contributed by atoms with Crippen molar-refractivity contribution in [3.05, 3.63) is 156 Å². The van der Waals surface area contributed by atoms with E-state index in [1.54, 1.807) is 30.3 Å². The van der Waals surface area contributed by atoms with E-state index >= 15 is 0 Å². The average molecular weight is 502 g/mol. The molecule has 0 radical (unpaired) electrons. The quantitative estimate of drug-likeness (QED) is 0.137. The van der Waals surface area contributed by atoms with Gasteiger partial charge in [0.1, 0.15) is 0 Å². The molecule has 0 aromatic heterocycles. The number of Topliss-reactive ketones (excluding diaryl/α,β-unsaturated/α-hetero) is 2. The fourth-order valence-corrected chi connectivity index (χ4v) is 5.40. The number of fused-ring (bicyclic) bond motifs is 3. The zero-order valence-corrected chi connectivity index (χ0v) is 21.0. The van der Waals surface area contributed by atoms with E-state index < -0.39 is 0 Å². The highest BCUT2D eigenvalue weighted by atomic mass is 16.2. The lowest BCUT2D eigenvalue weighted by molar-refractivity contribution is 0.0990. The van der Waals surface area contributed by atoms with Crippen molar-refractivity contribution in [2.24, 2.45) is 0 Å². The third kappa shape index (κ3) is 4.01. The minimum absolute atomic E-state index is 0.205. The van der Waals surface area contributed by atoms with Crippen molar-refractivity contribution in [2.75, 3.05) is 4.90 Å². The van der Waals surface area contributed by atoms with E-state index in [2.05, 4.69) is 89.8 Å². The monoisotopic (exact) mass is 501 g/mol. The first kappa shape index (κ1) is 22.9. The van der Waals surface area contributed by atoms with E-state index in [0.717, 1.165) is 44.2 Å². The molecular weight excluding hydrogens is 478 g/mol. The maximum atomic E-state index is 12.8. The van der Waals surface area contributed by atoms with Crippen LogP contribution in [0.15, 0.2) is 139 Å². The molecule has 39 heavy (non-hydrogen) atoms. The number of allylic oxidation sites excluding steroid dienone is 1. The molecule has 0 heterocycles. The number of nitrogens with zero attached hydrogens (tertiary/aromatic N) is 1. The van der Waals surface area contributed by atoms with E-state index in [1.807, 2.05) is 24.3 Å². The van der Waals surface area contributed by atoms with E-state index in [-0.39, 0.29) is 17.1 Å². The summed E-state index contributed by atoms with van der Waals surface area (Å²) in [6.07, 6.45) is 1.72. The molecule has 6 aromatic carbocycles. The number of hydrogen-bond acceptors (Lipinski definition) is 3. The van der Waals surface area contributed by atoms with Gasteiger partial charge < -0.3 is 4.90 Å². The van der Waals surface area contributed by atoms with E-state index in [4.69, 9.17) is 0 Å². The second kappa shape index (κ2) is 9.23. The van der Waals surface area contributed by atoms with Gasteiger partial charge in [-0.2, -0.15) is 0 Å². The summed E-state index contributed by atoms with van der Waals surface area (Å²) < 4.78 is 0. The van der Waals surface area contributed by atoms with Crippen molar-refractivity contribution in [3.8, 4) is 0 Å². The molecule has 3 nitrogen and oxygen atoms in total. The predicted molar refractivity (Wildman–Crippen MR) is 159 cm³/mol. The van der Waals surface area contributed by atoms with Crippen LogP contribution in [0.25, 0.3) is 27.6 Å². The lowest BCUT2D eigenvalue weighted by atomic mass is 9.99. The molecule has 0 saturated heterocycles. The van der Waals surface area contributed by atoms with Crippen LogP contribution < -0.4 is 4.90 Å². The van der Waals surface area contributed by atoms with Crippen LogP contribution >= 0.6 is 0 Å². The zero-order chi connectivity index (χ0) is 26.3. The Morgan fingerprint density at radius 2 is 0.949 bits per heavy atom. The molecule has 3 heteroatoms. The molecule has 0 saturated carbocycles. The van der Waals surface area contributed by atoms with Crippen LogP contribution in [0.2, 0.25) is 0 Å². The Kier molecular flexibility index (Phi) is 5.42. The van der Waals surface area contributed by atoms with Crippen molar-refractivity contribution < 1.29 is 9.59 Å². The number of para-hydroxylation sites is 2. The first-order valence-electron chi connectivity index (χ1n) is 12.9. The molecule has 184 valence electrons. The smallest absolute Gasteiger partial charge is 0.197 e. The summed E-state index contributed by atoms with van der Waals surface area (Å²) in [5, 5.41) is 4.42. The van der Waals surface area contributed by atoms with Crippen molar-refractivity contribution in [1.29, 1.82) is 0 Å². The lowest BCUT2D eigenvalue weighted by Gasteiger charge is -2.25. The number of carbonyl (C=O) groups excluding carboxylic acids is 2. The molecule has 1 aliphatic rings. The summed E-state index contributed by atoms with van der Waals surface area (Å²) in [5.74, 6) is -0.411. The first-order valence-corrected chi connectivity index (χ1v) is 12.9. The van der Waals surface area contributed by atoms with Crippen LogP contribution in [-0.2, 0) is 0 Å². The van der Waals surface area contributed by atoms with E-state index in [0.29, 0.717) is 11.1 Å². The molecule has 0 bridgehead atoms. The highest BCUT2D eigenvalue weighted by Crippen LogP contribution is 2.37. The number of hydrogen-bond donors (Lipinski definition) is 0. The minimum atomic E-state index is -0.205. The molecule has 0 atom stereocenters. The summed E-state index contributed by atoms with van der Waals surface area (Å²) in [5.41, 5.74) is 5.30. The fraction of sp³-hybridized carbons (Fsp3) is 0. The molecule has 0 amide bonds. The van der Waals surface area contributed by atoms with Gasteiger partial charge in [0.25, 0.3) is 0 Å². The Balaban J connectivity index is 1.29. The molecule has 0 fully saturated rings. The fourth-order valence-electron chi connectivity index (χ4n) is 5.40. The van der Waals surface area contributed by atoms with E-state index in [1.165, 1.54) is 0 Å². The largest absolute Gasteiger partial charge is 0.310 e. The highest BCUT2D eigenvalue weighted by molar-refractivity contribution is 6.41. The maximum absolute atomic E-state index is 12.8. The molecule has 7 rings (SSSR count). The van der Waals surface area contributed by atoms with Crippen LogP contribution in [-0.4, -0.2) is 11.6 Å². The summed E-state index contributed by atoms with van der Waals surface area (Å²) in [4.78, 5) is 28.0. The van der Waals surface area contributed by atoms with Gasteiger partial charge in [-0.05, 0) is 87.8 Å². The number of benzene rings is 6. The molecular formula is C36H23NO2. The molecule has 0 N–H and O–H groups in total. The lowest BCUT2D eigenvalue weighted by Crippen LogP contribution is -2.09. The Morgan fingerprint density at radius 1 is 0.436 bits per heavy atom. The Hall–Kier alpha value is -5.28. The first-order chi connectivity index (χ1) is 19.2. The molecule has 0 spiro atoms. The molecule has 0 aliphatic heterocycles. The topological polar surface area (TPSA) is 37.4 Å². The van der Waals surface area contributed by atoms with Gasteiger partial charge in [0.15, 0.2) is 11.6 Å². The summed E-state index contributed by atoms with van der Waals surface area (Å²) >= 11 is 0. The van der Waals surface area contributed by atoms with Crippen LogP contribution in [0.5, 0.6) is 0 Å². The van der Waals surface area contributed by atoms with Gasteiger partial charge in [0, 0.05) is 28.2 Å².